The van der Waals surface area contributed by atoms with Crippen LogP contribution in [0.1, 0.15) is 33.1 Å². The average molecular weight is 212 g/mol. The highest BCUT2D eigenvalue weighted by Crippen LogP contribution is 2.29. The zero-order valence-electron chi connectivity index (χ0n) is 10.1. The lowest BCUT2D eigenvalue weighted by atomic mass is 10.1. The molecule has 1 N–H and O–H groups in total. The van der Waals surface area contributed by atoms with Gasteiger partial charge in [0.05, 0.1) is 11.7 Å². The number of hydrogen-bond acceptors (Lipinski definition) is 3. The van der Waals surface area contributed by atoms with Gasteiger partial charge >= 0.3 is 0 Å². The van der Waals surface area contributed by atoms with Crippen LogP contribution in [0.15, 0.2) is 0 Å². The first-order chi connectivity index (χ1) is 7.16. The summed E-state index contributed by atoms with van der Waals surface area (Å²) in [5, 5.41) is 3.44. The molecule has 0 aromatic heterocycles. The van der Waals surface area contributed by atoms with E-state index in [-0.39, 0.29) is 5.60 Å². The topological polar surface area (TPSA) is 24.5 Å². The zero-order valence-corrected chi connectivity index (χ0v) is 10.1. The Labute approximate surface area is 93.2 Å². The van der Waals surface area contributed by atoms with Gasteiger partial charge in [-0.3, -0.25) is 4.90 Å². The van der Waals surface area contributed by atoms with Crippen LogP contribution in [0.3, 0.4) is 0 Å². The molecule has 2 fully saturated rings. The highest BCUT2D eigenvalue weighted by Gasteiger charge is 2.32. The van der Waals surface area contributed by atoms with E-state index >= 15 is 0 Å². The summed E-state index contributed by atoms with van der Waals surface area (Å²) in [4.78, 5) is 2.55. The maximum absolute atomic E-state index is 6.03. The van der Waals surface area contributed by atoms with Crippen molar-refractivity contribution in [3.8, 4) is 0 Å². The first-order valence-corrected chi connectivity index (χ1v) is 6.27. The Morgan fingerprint density at radius 3 is 2.93 bits per heavy atom. The van der Waals surface area contributed by atoms with E-state index in [0.717, 1.165) is 13.1 Å². The van der Waals surface area contributed by atoms with Gasteiger partial charge in [-0.1, -0.05) is 0 Å². The van der Waals surface area contributed by atoms with E-state index in [1.165, 1.54) is 38.9 Å². The standard InChI is InChI=1S/C12H24N2O/c1-12(2)5-4-11(15-12)10-14-8-3-6-13-7-9-14/h11,13H,3-10H2,1-2H3. The summed E-state index contributed by atoms with van der Waals surface area (Å²) in [6.45, 7) is 10.3. The Hall–Kier alpha value is -0.120. The summed E-state index contributed by atoms with van der Waals surface area (Å²) in [5.74, 6) is 0. The average Bonchev–Trinajstić information content (AvgIpc) is 2.41. The fraction of sp³-hybridized carbons (Fsp3) is 1.00. The molecule has 0 radical (unpaired) electrons. The molecule has 2 heterocycles. The highest BCUT2D eigenvalue weighted by molar-refractivity contribution is 4.83. The smallest absolute Gasteiger partial charge is 0.0710 e. The third-order valence-electron chi connectivity index (χ3n) is 3.45. The molecule has 0 aromatic carbocycles. The number of ether oxygens (including phenoxy) is 1. The molecule has 88 valence electrons. The Bertz CT molecular complexity index is 195. The van der Waals surface area contributed by atoms with Crippen molar-refractivity contribution in [3.63, 3.8) is 0 Å². The Morgan fingerprint density at radius 2 is 2.20 bits per heavy atom. The molecule has 2 aliphatic heterocycles. The molecule has 2 saturated heterocycles. The predicted molar refractivity (Wildman–Crippen MR) is 62.1 cm³/mol. The minimum absolute atomic E-state index is 0.120. The first-order valence-electron chi connectivity index (χ1n) is 6.27. The summed E-state index contributed by atoms with van der Waals surface area (Å²) in [5.41, 5.74) is 0.120. The van der Waals surface area contributed by atoms with Gasteiger partial charge < -0.3 is 10.1 Å². The summed E-state index contributed by atoms with van der Waals surface area (Å²) in [6.07, 6.45) is 4.19. The molecule has 0 saturated carbocycles. The third kappa shape index (κ3) is 3.44. The molecule has 2 aliphatic rings. The quantitative estimate of drug-likeness (QED) is 0.745. The molecule has 0 aromatic rings. The second-order valence-corrected chi connectivity index (χ2v) is 5.44. The van der Waals surface area contributed by atoms with Gasteiger partial charge in [-0.05, 0) is 46.2 Å². The number of hydrogen-bond donors (Lipinski definition) is 1. The van der Waals surface area contributed by atoms with Gasteiger partial charge in [0.1, 0.15) is 0 Å². The van der Waals surface area contributed by atoms with Gasteiger partial charge in [0.25, 0.3) is 0 Å². The lowest BCUT2D eigenvalue weighted by Crippen LogP contribution is -2.36. The summed E-state index contributed by atoms with van der Waals surface area (Å²) in [6, 6.07) is 0. The van der Waals surface area contributed by atoms with Crippen LogP contribution < -0.4 is 5.32 Å². The van der Waals surface area contributed by atoms with Gasteiger partial charge in [-0.25, -0.2) is 0 Å². The second-order valence-electron chi connectivity index (χ2n) is 5.44. The Morgan fingerprint density at radius 1 is 1.33 bits per heavy atom. The highest BCUT2D eigenvalue weighted by atomic mass is 16.5. The number of rotatable bonds is 2. The lowest BCUT2D eigenvalue weighted by Gasteiger charge is -2.25. The lowest BCUT2D eigenvalue weighted by molar-refractivity contribution is -0.0279. The zero-order chi connectivity index (χ0) is 10.7. The number of nitrogens with zero attached hydrogens (tertiary/aromatic N) is 1. The van der Waals surface area contributed by atoms with Crippen molar-refractivity contribution < 1.29 is 4.74 Å². The first kappa shape index (κ1) is 11.4. The van der Waals surface area contributed by atoms with Gasteiger partial charge in [-0.15, -0.1) is 0 Å². The normalized spacial score (nSPS) is 32.8. The van der Waals surface area contributed by atoms with Crippen molar-refractivity contribution in [2.45, 2.75) is 44.8 Å². The molecule has 2 rings (SSSR count). The fourth-order valence-electron chi connectivity index (χ4n) is 2.58. The van der Waals surface area contributed by atoms with E-state index < -0.39 is 0 Å². The van der Waals surface area contributed by atoms with E-state index in [4.69, 9.17) is 4.74 Å². The van der Waals surface area contributed by atoms with E-state index in [1.54, 1.807) is 0 Å². The van der Waals surface area contributed by atoms with Crippen molar-refractivity contribution in [1.82, 2.24) is 10.2 Å². The Balaban J connectivity index is 1.76. The maximum atomic E-state index is 6.03. The molecule has 3 nitrogen and oxygen atoms in total. The minimum atomic E-state index is 0.120. The molecule has 1 unspecified atom stereocenters. The van der Waals surface area contributed by atoms with Gasteiger partial charge in [-0.2, -0.15) is 0 Å². The second kappa shape index (κ2) is 4.81. The monoisotopic (exact) mass is 212 g/mol. The summed E-state index contributed by atoms with van der Waals surface area (Å²) in [7, 11) is 0. The molecule has 3 heteroatoms. The molecular formula is C12H24N2O. The summed E-state index contributed by atoms with van der Waals surface area (Å²) >= 11 is 0. The van der Waals surface area contributed by atoms with Crippen LogP contribution in [0.5, 0.6) is 0 Å². The van der Waals surface area contributed by atoms with Crippen LogP contribution in [0.25, 0.3) is 0 Å². The van der Waals surface area contributed by atoms with Crippen molar-refractivity contribution in [3.05, 3.63) is 0 Å². The molecule has 0 spiro atoms. The van der Waals surface area contributed by atoms with Crippen LogP contribution in [0, 0.1) is 0 Å². The van der Waals surface area contributed by atoms with Crippen molar-refractivity contribution >= 4 is 0 Å². The van der Waals surface area contributed by atoms with Crippen molar-refractivity contribution in [2.24, 2.45) is 0 Å². The molecular weight excluding hydrogens is 188 g/mol. The molecule has 0 bridgehead atoms. The van der Waals surface area contributed by atoms with Crippen LogP contribution in [0.4, 0.5) is 0 Å². The van der Waals surface area contributed by atoms with Crippen LogP contribution in [-0.2, 0) is 4.74 Å². The van der Waals surface area contributed by atoms with Gasteiger partial charge in [0, 0.05) is 19.6 Å². The van der Waals surface area contributed by atoms with Crippen LogP contribution in [0.2, 0.25) is 0 Å². The fourth-order valence-corrected chi connectivity index (χ4v) is 2.58. The van der Waals surface area contributed by atoms with Gasteiger partial charge in [0.15, 0.2) is 0 Å². The predicted octanol–water partition coefficient (Wildman–Crippen LogP) is 1.24. The SMILES string of the molecule is CC1(C)CCC(CN2CCCNCC2)O1. The van der Waals surface area contributed by atoms with Crippen molar-refractivity contribution in [1.29, 1.82) is 0 Å². The van der Waals surface area contributed by atoms with Gasteiger partial charge in [0.2, 0.25) is 0 Å². The third-order valence-corrected chi connectivity index (χ3v) is 3.45. The summed E-state index contributed by atoms with van der Waals surface area (Å²) < 4.78 is 6.03. The maximum Gasteiger partial charge on any atom is 0.0710 e. The van der Waals surface area contributed by atoms with E-state index in [0.29, 0.717) is 6.10 Å². The largest absolute Gasteiger partial charge is 0.371 e. The molecule has 0 amide bonds. The molecule has 15 heavy (non-hydrogen) atoms. The van der Waals surface area contributed by atoms with E-state index in [9.17, 15) is 0 Å². The van der Waals surface area contributed by atoms with Crippen molar-refractivity contribution in [2.75, 3.05) is 32.7 Å². The van der Waals surface area contributed by atoms with E-state index in [2.05, 4.69) is 24.1 Å². The Kier molecular flexibility index (Phi) is 3.65. The molecule has 0 aliphatic carbocycles. The van der Waals surface area contributed by atoms with Crippen LogP contribution >= 0.6 is 0 Å². The van der Waals surface area contributed by atoms with Crippen LogP contribution in [-0.4, -0.2) is 49.3 Å². The van der Waals surface area contributed by atoms with E-state index in [1.807, 2.05) is 0 Å². The minimum Gasteiger partial charge on any atom is -0.371 e. The molecule has 1 atom stereocenters. The number of nitrogens with one attached hydrogen (secondary N) is 1.